The minimum Gasteiger partial charge on any atom is -0.487 e. The van der Waals surface area contributed by atoms with E-state index in [1.54, 1.807) is 45.8 Å². The number of aryl methyl sites for hydroxylation is 2. The maximum Gasteiger partial charge on any atom is 0.442 e. The Morgan fingerprint density at radius 2 is 1.08 bits per heavy atom. The molecule has 6 aromatic heterocycles. The SMILES string of the molecule is CC1(C)[C@H](NC(=O)/C(=N\O[C@@](C)(COc2ccc(-n3cc[n+](CCCN)c3)nc2)C(=O)O)c2csc(N)n2)C(=O)N1OS(=O)(=O)ON1C(=O)[C@@H](NC(=O)/C(=N\O[C@@](C)(COc2ccc(-n3cc[n+](CCCN)c3)nc2)C(=O)O)c2csc(N)n2)C1(C)C. The van der Waals surface area contributed by atoms with Crippen LogP contribution in [-0.2, 0) is 70.5 Å². The number of nitrogen functional groups attached to an aromatic ring is 2. The molecule has 0 aliphatic carbocycles. The summed E-state index contributed by atoms with van der Waals surface area (Å²) in [6.07, 6.45) is 15.3. The van der Waals surface area contributed by atoms with Crippen LogP contribution in [0.3, 0.4) is 0 Å². The van der Waals surface area contributed by atoms with E-state index in [0.29, 0.717) is 47.9 Å². The van der Waals surface area contributed by atoms with E-state index in [1.807, 2.05) is 34.2 Å². The maximum absolute atomic E-state index is 13.9. The quantitative estimate of drug-likeness (QED) is 0.0113. The number of anilines is 2. The Kier molecular flexibility index (Phi) is 18.9. The van der Waals surface area contributed by atoms with Crippen LogP contribution in [0.5, 0.6) is 11.5 Å². The Morgan fingerprint density at radius 3 is 1.39 bits per heavy atom. The molecule has 6 aromatic rings. The van der Waals surface area contributed by atoms with Gasteiger partial charge in [0.05, 0.1) is 36.6 Å². The van der Waals surface area contributed by atoms with Crippen LogP contribution < -0.4 is 52.2 Å². The topological polar surface area (TPSA) is 461 Å². The molecular formula is C50H62N18O16S3+2. The summed E-state index contributed by atoms with van der Waals surface area (Å²) < 4.78 is 55.8. The summed E-state index contributed by atoms with van der Waals surface area (Å²) in [5.74, 6) is -6.27. The van der Waals surface area contributed by atoms with Crippen molar-refractivity contribution in [2.24, 2.45) is 21.8 Å². The fourth-order valence-electron chi connectivity index (χ4n) is 8.13. The van der Waals surface area contributed by atoms with Gasteiger partial charge in [0, 0.05) is 22.9 Å². The number of aromatic nitrogens is 8. The molecule has 0 spiro atoms. The van der Waals surface area contributed by atoms with Gasteiger partial charge in [-0.05, 0) is 79.6 Å². The Hall–Kier alpha value is -9.27. The first kappa shape index (κ1) is 63.7. The molecule has 0 radical (unpaired) electrons. The predicted octanol–water partition coefficient (Wildman–Crippen LogP) is -1.29. The molecule has 0 saturated carbocycles. The van der Waals surface area contributed by atoms with Crippen LogP contribution >= 0.6 is 22.7 Å². The van der Waals surface area contributed by atoms with Gasteiger partial charge in [0.15, 0.2) is 21.7 Å². The van der Waals surface area contributed by atoms with Gasteiger partial charge in [-0.1, -0.05) is 10.3 Å². The van der Waals surface area contributed by atoms with Crippen LogP contribution in [0.1, 0.15) is 65.8 Å². The van der Waals surface area contributed by atoms with Crippen LogP contribution in [0.25, 0.3) is 11.6 Å². The Morgan fingerprint density at radius 1 is 0.690 bits per heavy atom. The normalized spacial score (nSPS) is 17.9. The average molecular weight is 1270 g/mol. The molecule has 87 heavy (non-hydrogen) atoms. The molecule has 8 rings (SSSR count). The van der Waals surface area contributed by atoms with E-state index in [4.69, 9.17) is 50.7 Å². The molecule has 0 unspecified atom stereocenters. The number of oxime groups is 2. The van der Waals surface area contributed by atoms with Gasteiger partial charge in [0.2, 0.25) is 24.3 Å². The maximum atomic E-state index is 13.9. The summed E-state index contributed by atoms with van der Waals surface area (Å²) in [5.41, 5.74) is 13.4. The fraction of sp³-hybridized carbons (Fsp3) is 0.400. The third-order valence-corrected chi connectivity index (χ3v) is 15.4. The minimum atomic E-state index is -5.38. The number of hydrogen-bond donors (Lipinski definition) is 8. The highest BCUT2D eigenvalue weighted by molar-refractivity contribution is 7.81. The highest BCUT2D eigenvalue weighted by Crippen LogP contribution is 2.37. The number of nitrogens with two attached hydrogens (primary N) is 4. The largest absolute Gasteiger partial charge is 0.487 e. The number of carboxylic acid groups (broad SMARTS) is 2. The van der Waals surface area contributed by atoms with Crippen molar-refractivity contribution < 1.29 is 84.2 Å². The Balaban J connectivity index is 0.876. The second-order valence-electron chi connectivity index (χ2n) is 20.9. The molecule has 2 fully saturated rings. The van der Waals surface area contributed by atoms with Crippen LogP contribution in [0.2, 0.25) is 0 Å². The molecule has 2 aliphatic heterocycles. The molecule has 464 valence electrons. The average Bonchev–Trinajstić information content (AvgIpc) is 0.938. The van der Waals surface area contributed by atoms with E-state index in [-0.39, 0.29) is 33.1 Å². The first-order valence-corrected chi connectivity index (χ1v) is 29.3. The first-order valence-electron chi connectivity index (χ1n) is 26.2. The number of β-lactam (4-membered cyclic amide) rings is 2. The van der Waals surface area contributed by atoms with Crippen LogP contribution in [0.4, 0.5) is 10.3 Å². The summed E-state index contributed by atoms with van der Waals surface area (Å²) in [4.78, 5) is 108. The summed E-state index contributed by atoms with van der Waals surface area (Å²) in [5, 5.41) is 36.2. The monoisotopic (exact) mass is 1270 g/mol. The first-order chi connectivity index (χ1) is 41.1. The number of pyridine rings is 2. The lowest BCUT2D eigenvalue weighted by atomic mass is 9.84. The number of hydrogen-bond acceptors (Lipinski definition) is 26. The third-order valence-electron chi connectivity index (χ3n) is 13.4. The molecule has 2 aliphatic rings. The van der Waals surface area contributed by atoms with E-state index in [1.165, 1.54) is 50.8 Å². The second-order valence-corrected chi connectivity index (χ2v) is 23.8. The van der Waals surface area contributed by atoms with Gasteiger partial charge >= 0.3 is 22.3 Å². The standard InChI is InChI=1S/C50H60N18O16S3/c1-47(2)37(59-39(69)35(31-23-85-45(53)57-31)61-81-49(5,43(73)74)25-79-29-9-11-33(55-21-29)65-19-17-63(27-65)15-7-13-51)41(71)67(47)83-87(77,78)84-68-42(72)38(48(68,3)4)60-40(70)36(32-24-86-46(54)58-32)62-82-50(6,44(75)76)26-80-30-10-12-34(56-22-30)66-20-18-64(28-66)16-8-14-52/h9-12,17-24,27-28,37-38H,7-8,13-16,25-26,51-52H2,1-6H3,(H6-2,53,54,57,58,59,60,69,70,73,74,75,76)/p+2/b61-35-,62-36-/t37-,38-,49+,50+/m1/s1. The molecule has 37 heteroatoms. The van der Waals surface area contributed by atoms with Gasteiger partial charge < -0.3 is 62.9 Å². The molecule has 2 saturated heterocycles. The number of ether oxygens (including phenoxy) is 2. The number of carboxylic acids is 2. The molecule has 34 nitrogen and oxygen atoms in total. The zero-order valence-corrected chi connectivity index (χ0v) is 49.9. The zero-order chi connectivity index (χ0) is 63.2. The van der Waals surface area contributed by atoms with Crippen LogP contribution in [0, 0.1) is 0 Å². The number of nitrogens with zero attached hydrogens (tertiary/aromatic N) is 12. The molecule has 0 bridgehead atoms. The van der Waals surface area contributed by atoms with Crippen molar-refractivity contribution >= 4 is 90.3 Å². The van der Waals surface area contributed by atoms with E-state index in [0.717, 1.165) is 49.4 Å². The number of hydroxylamine groups is 4. The number of thiazole rings is 2. The van der Waals surface area contributed by atoms with Crippen molar-refractivity contribution in [2.45, 2.75) is 102 Å². The lowest BCUT2D eigenvalue weighted by Gasteiger charge is -2.52. The Labute approximate surface area is 503 Å². The number of imidazole rings is 2. The smallest absolute Gasteiger partial charge is 0.442 e. The molecule has 0 aromatic carbocycles. The summed E-state index contributed by atoms with van der Waals surface area (Å²) >= 11 is 1.79. The van der Waals surface area contributed by atoms with Crippen LogP contribution in [-0.4, -0.2) is 165 Å². The van der Waals surface area contributed by atoms with Crippen molar-refractivity contribution in [3.05, 3.63) is 96.2 Å². The molecule has 4 amide bonds. The second kappa shape index (κ2) is 25.7. The lowest BCUT2D eigenvalue weighted by Crippen LogP contribution is -2.78. The predicted molar refractivity (Wildman–Crippen MR) is 303 cm³/mol. The van der Waals surface area contributed by atoms with Gasteiger partial charge in [-0.25, -0.2) is 38.7 Å². The van der Waals surface area contributed by atoms with Gasteiger partial charge in [-0.2, -0.15) is 27.7 Å². The number of rotatable bonds is 30. The summed E-state index contributed by atoms with van der Waals surface area (Å²) in [7, 11) is -5.38. The van der Waals surface area contributed by atoms with E-state index >= 15 is 0 Å². The number of aliphatic carboxylic acids is 2. The molecule has 8 heterocycles. The highest BCUT2D eigenvalue weighted by atomic mass is 32.3. The van der Waals surface area contributed by atoms with Crippen molar-refractivity contribution in [3.63, 3.8) is 0 Å². The van der Waals surface area contributed by atoms with Gasteiger partial charge in [-0.3, -0.25) is 19.2 Å². The van der Waals surface area contributed by atoms with E-state index < -0.39 is 105 Å². The zero-order valence-electron chi connectivity index (χ0n) is 47.4. The minimum absolute atomic E-state index is 0.0233. The van der Waals surface area contributed by atoms with Crippen molar-refractivity contribution in [2.75, 3.05) is 37.8 Å². The van der Waals surface area contributed by atoms with E-state index in [9.17, 15) is 47.4 Å². The van der Waals surface area contributed by atoms with Crippen molar-refractivity contribution in [3.8, 4) is 23.1 Å². The highest BCUT2D eigenvalue weighted by Gasteiger charge is 2.61. The van der Waals surface area contributed by atoms with Gasteiger partial charge in [-0.15, -0.1) is 31.2 Å². The number of carbonyl (C=O) groups excluding carboxylic acids is 4. The van der Waals surface area contributed by atoms with Crippen molar-refractivity contribution in [1.82, 2.24) is 49.8 Å². The number of nitrogens with one attached hydrogen (secondary N) is 2. The fourth-order valence-corrected chi connectivity index (χ4v) is 10.1. The third kappa shape index (κ3) is 14.4. The summed E-state index contributed by atoms with van der Waals surface area (Å²) in [6, 6.07) is 3.30. The molecule has 12 N–H and O–H groups in total. The molecule has 4 atom stereocenters. The van der Waals surface area contributed by atoms with Crippen LogP contribution in [0.15, 0.2) is 95.2 Å². The summed E-state index contributed by atoms with van der Waals surface area (Å²) in [6.45, 7) is 8.64. The van der Waals surface area contributed by atoms with E-state index in [2.05, 4.69) is 40.9 Å². The Bertz CT molecular complexity index is 3490. The number of amides is 4. The van der Waals surface area contributed by atoms with Gasteiger partial charge in [0.25, 0.3) is 34.8 Å². The van der Waals surface area contributed by atoms with Gasteiger partial charge in [0.1, 0.15) is 73.0 Å². The lowest BCUT2D eigenvalue weighted by molar-refractivity contribution is -0.696. The number of carbonyl (C=O) groups is 6. The molecular weight excluding hydrogens is 1200 g/mol. The van der Waals surface area contributed by atoms with Crippen molar-refractivity contribution in [1.29, 1.82) is 0 Å².